The molecule has 1 unspecified atom stereocenters. The van der Waals surface area contributed by atoms with Gasteiger partial charge >= 0.3 is 5.97 Å². The van der Waals surface area contributed by atoms with Crippen LogP contribution in [0.3, 0.4) is 0 Å². The summed E-state index contributed by atoms with van der Waals surface area (Å²) in [6.45, 7) is 7.25. The lowest BCUT2D eigenvalue weighted by Crippen LogP contribution is -2.53. The molecule has 1 atom stereocenters. The van der Waals surface area contributed by atoms with E-state index in [4.69, 9.17) is 9.84 Å². The average molecular weight is 245 g/mol. The van der Waals surface area contributed by atoms with Crippen LogP contribution >= 0.6 is 0 Å². The van der Waals surface area contributed by atoms with E-state index in [9.17, 15) is 4.79 Å². The maximum absolute atomic E-state index is 11.1. The fourth-order valence-corrected chi connectivity index (χ4v) is 1.66. The number of carbonyl (C=O) groups is 1. The van der Waals surface area contributed by atoms with Crippen molar-refractivity contribution in [3.8, 4) is 0 Å². The summed E-state index contributed by atoms with van der Waals surface area (Å²) in [4.78, 5) is 11.1. The summed E-state index contributed by atoms with van der Waals surface area (Å²) in [5.41, 5.74) is -0.960. The molecule has 0 spiro atoms. The molecule has 0 heterocycles. The summed E-state index contributed by atoms with van der Waals surface area (Å²) in [6.07, 6.45) is 5.92. The molecule has 4 nitrogen and oxygen atoms in total. The first-order chi connectivity index (χ1) is 8.06. The third-order valence-corrected chi connectivity index (χ3v) is 2.82. The number of likely N-dealkylation sites (N-methyl/N-ethyl adjacent to an activating group) is 1. The van der Waals surface area contributed by atoms with E-state index >= 15 is 0 Å². The highest BCUT2D eigenvalue weighted by Gasteiger charge is 2.32. The van der Waals surface area contributed by atoms with E-state index < -0.39 is 11.5 Å². The highest BCUT2D eigenvalue weighted by molar-refractivity contribution is 5.78. The van der Waals surface area contributed by atoms with Gasteiger partial charge in [-0.3, -0.25) is 4.79 Å². The first-order valence-electron chi connectivity index (χ1n) is 6.63. The maximum atomic E-state index is 11.1. The highest BCUT2D eigenvalue weighted by Crippen LogP contribution is 2.07. The van der Waals surface area contributed by atoms with Gasteiger partial charge in [0.2, 0.25) is 0 Å². The van der Waals surface area contributed by atoms with Crippen molar-refractivity contribution in [3.63, 3.8) is 0 Å². The Balaban J connectivity index is 3.65. The normalized spacial score (nSPS) is 14.5. The van der Waals surface area contributed by atoms with E-state index in [-0.39, 0.29) is 6.61 Å². The number of unbranched alkanes of at least 4 members (excludes halogenated alkanes) is 4. The second-order valence-corrected chi connectivity index (χ2v) is 4.63. The van der Waals surface area contributed by atoms with E-state index in [1.807, 2.05) is 6.92 Å². The lowest BCUT2D eigenvalue weighted by Gasteiger charge is -2.25. The quantitative estimate of drug-likeness (QED) is 0.549. The molecule has 0 aromatic carbocycles. The molecular weight excluding hydrogens is 218 g/mol. The second-order valence-electron chi connectivity index (χ2n) is 4.63. The summed E-state index contributed by atoms with van der Waals surface area (Å²) >= 11 is 0. The first-order valence-corrected chi connectivity index (χ1v) is 6.63. The Morgan fingerprint density at radius 3 is 2.41 bits per heavy atom. The minimum absolute atomic E-state index is 0.226. The van der Waals surface area contributed by atoms with E-state index in [2.05, 4.69) is 12.2 Å². The highest BCUT2D eigenvalue weighted by atomic mass is 16.5. The molecule has 0 saturated carbocycles. The SMILES string of the molecule is CCCCCCCOCC(C)(NCC)C(=O)O. The Morgan fingerprint density at radius 2 is 1.88 bits per heavy atom. The van der Waals surface area contributed by atoms with Gasteiger partial charge in [-0.25, -0.2) is 0 Å². The topological polar surface area (TPSA) is 58.6 Å². The summed E-state index contributed by atoms with van der Waals surface area (Å²) in [7, 11) is 0. The summed E-state index contributed by atoms with van der Waals surface area (Å²) in [6, 6.07) is 0. The van der Waals surface area contributed by atoms with Gasteiger partial charge < -0.3 is 15.2 Å². The standard InChI is InChI=1S/C13H27NO3/c1-4-6-7-8-9-10-17-11-13(3,12(15)16)14-5-2/h14H,4-11H2,1-3H3,(H,15,16). The Labute approximate surface area is 105 Å². The molecule has 102 valence electrons. The van der Waals surface area contributed by atoms with Gasteiger partial charge in [-0.2, -0.15) is 0 Å². The van der Waals surface area contributed by atoms with Gasteiger partial charge in [0.15, 0.2) is 0 Å². The molecule has 0 amide bonds. The van der Waals surface area contributed by atoms with Crippen molar-refractivity contribution in [2.45, 2.75) is 58.4 Å². The van der Waals surface area contributed by atoms with Crippen LogP contribution in [0.1, 0.15) is 52.9 Å². The lowest BCUT2D eigenvalue weighted by molar-refractivity contribution is -0.146. The third kappa shape index (κ3) is 7.34. The van der Waals surface area contributed by atoms with Gasteiger partial charge in [-0.05, 0) is 19.9 Å². The molecule has 0 radical (unpaired) electrons. The van der Waals surface area contributed by atoms with Crippen molar-refractivity contribution in [2.75, 3.05) is 19.8 Å². The fourth-order valence-electron chi connectivity index (χ4n) is 1.66. The molecule has 2 N–H and O–H groups in total. The van der Waals surface area contributed by atoms with E-state index in [0.717, 1.165) is 6.42 Å². The van der Waals surface area contributed by atoms with Crippen LogP contribution in [-0.2, 0) is 9.53 Å². The lowest BCUT2D eigenvalue weighted by atomic mass is 10.0. The fraction of sp³-hybridized carbons (Fsp3) is 0.923. The molecular formula is C13H27NO3. The average Bonchev–Trinajstić information content (AvgIpc) is 2.28. The number of carboxylic acids is 1. The number of hydrogen-bond acceptors (Lipinski definition) is 3. The second kappa shape index (κ2) is 9.42. The molecule has 0 aliphatic carbocycles. The minimum Gasteiger partial charge on any atom is -0.480 e. The van der Waals surface area contributed by atoms with E-state index in [1.54, 1.807) is 6.92 Å². The summed E-state index contributed by atoms with van der Waals surface area (Å²) in [5.74, 6) is -0.856. The molecule has 17 heavy (non-hydrogen) atoms. The molecule has 0 aromatic rings. The monoisotopic (exact) mass is 245 g/mol. The van der Waals surface area contributed by atoms with Crippen molar-refractivity contribution < 1.29 is 14.6 Å². The number of hydrogen-bond donors (Lipinski definition) is 2. The van der Waals surface area contributed by atoms with Gasteiger partial charge in [0.1, 0.15) is 5.54 Å². The van der Waals surface area contributed by atoms with Gasteiger partial charge in [0.25, 0.3) is 0 Å². The molecule has 0 fully saturated rings. The van der Waals surface area contributed by atoms with Crippen LogP contribution < -0.4 is 5.32 Å². The van der Waals surface area contributed by atoms with Crippen molar-refractivity contribution >= 4 is 5.97 Å². The molecule has 0 aliphatic rings. The zero-order chi connectivity index (χ0) is 13.1. The van der Waals surface area contributed by atoms with Crippen LogP contribution in [0.2, 0.25) is 0 Å². The van der Waals surface area contributed by atoms with Crippen LogP contribution in [0.4, 0.5) is 0 Å². The van der Waals surface area contributed by atoms with Crippen molar-refractivity contribution in [2.24, 2.45) is 0 Å². The molecule has 0 bridgehead atoms. The van der Waals surface area contributed by atoms with Crippen LogP contribution in [0.25, 0.3) is 0 Å². The summed E-state index contributed by atoms with van der Waals surface area (Å²) in [5, 5.41) is 12.0. The summed E-state index contributed by atoms with van der Waals surface area (Å²) < 4.78 is 5.45. The van der Waals surface area contributed by atoms with E-state index in [1.165, 1.54) is 25.7 Å². The van der Waals surface area contributed by atoms with Gasteiger partial charge in [0.05, 0.1) is 6.61 Å². The molecule has 0 rings (SSSR count). The zero-order valence-corrected chi connectivity index (χ0v) is 11.4. The number of aliphatic carboxylic acids is 1. The number of ether oxygens (including phenoxy) is 1. The molecule has 0 saturated heterocycles. The Hall–Kier alpha value is -0.610. The van der Waals surface area contributed by atoms with Crippen LogP contribution in [0, 0.1) is 0 Å². The largest absolute Gasteiger partial charge is 0.480 e. The first kappa shape index (κ1) is 16.4. The number of nitrogens with one attached hydrogen (secondary N) is 1. The minimum atomic E-state index is -0.960. The predicted octanol–water partition coefficient (Wildman–Crippen LogP) is 2.43. The Bertz CT molecular complexity index is 209. The number of carboxylic acid groups (broad SMARTS) is 1. The molecule has 4 heteroatoms. The zero-order valence-electron chi connectivity index (χ0n) is 11.4. The van der Waals surface area contributed by atoms with Gasteiger partial charge in [0, 0.05) is 6.61 Å². The van der Waals surface area contributed by atoms with Crippen molar-refractivity contribution in [1.29, 1.82) is 0 Å². The van der Waals surface area contributed by atoms with Gasteiger partial charge in [-0.1, -0.05) is 39.5 Å². The predicted molar refractivity (Wildman–Crippen MR) is 69.3 cm³/mol. The van der Waals surface area contributed by atoms with Crippen LogP contribution in [-0.4, -0.2) is 36.4 Å². The van der Waals surface area contributed by atoms with Crippen LogP contribution in [0.15, 0.2) is 0 Å². The van der Waals surface area contributed by atoms with Crippen LogP contribution in [0.5, 0.6) is 0 Å². The van der Waals surface area contributed by atoms with Crippen molar-refractivity contribution in [3.05, 3.63) is 0 Å². The smallest absolute Gasteiger partial charge is 0.326 e. The third-order valence-electron chi connectivity index (χ3n) is 2.82. The van der Waals surface area contributed by atoms with Gasteiger partial charge in [-0.15, -0.1) is 0 Å². The molecule has 0 aliphatic heterocycles. The maximum Gasteiger partial charge on any atom is 0.326 e. The number of rotatable bonds is 11. The Kier molecular flexibility index (Phi) is 9.09. The van der Waals surface area contributed by atoms with Crippen molar-refractivity contribution in [1.82, 2.24) is 5.32 Å². The molecule has 0 aromatic heterocycles. The Morgan fingerprint density at radius 1 is 1.24 bits per heavy atom. The van der Waals surface area contributed by atoms with E-state index in [0.29, 0.717) is 13.2 Å².